The van der Waals surface area contributed by atoms with Gasteiger partial charge in [-0.1, -0.05) is 31.4 Å². The summed E-state index contributed by atoms with van der Waals surface area (Å²) in [5, 5.41) is 13.0. The summed E-state index contributed by atoms with van der Waals surface area (Å²) in [6.45, 7) is 0.204. The molecule has 0 radical (unpaired) electrons. The van der Waals surface area contributed by atoms with Gasteiger partial charge in [-0.15, -0.1) is 0 Å². The van der Waals surface area contributed by atoms with E-state index in [1.807, 2.05) is 0 Å². The molecule has 0 bridgehead atoms. The van der Waals surface area contributed by atoms with E-state index in [1.165, 1.54) is 12.1 Å². The van der Waals surface area contributed by atoms with Crippen LogP contribution in [0.1, 0.15) is 38.5 Å². The minimum absolute atomic E-state index is 0.0827. The molecule has 22 heavy (non-hydrogen) atoms. The summed E-state index contributed by atoms with van der Waals surface area (Å²) in [6.07, 6.45) is 4.39. The zero-order valence-corrected chi connectivity index (χ0v) is 13.3. The highest BCUT2D eigenvalue weighted by atomic mass is 32.2. The highest BCUT2D eigenvalue weighted by Gasteiger charge is 2.31. The molecule has 1 aromatic carbocycles. The Morgan fingerprint density at radius 2 is 1.95 bits per heavy atom. The fourth-order valence-electron chi connectivity index (χ4n) is 2.77. The summed E-state index contributed by atoms with van der Waals surface area (Å²) in [5.41, 5.74) is -0.896. The number of carbonyl (C=O) groups is 1. The van der Waals surface area contributed by atoms with Crippen molar-refractivity contribution in [3.8, 4) is 0 Å². The first kappa shape index (κ1) is 17.1. The topological polar surface area (TPSA) is 66.4 Å². The molecule has 0 heterocycles. The zero-order chi connectivity index (χ0) is 16.0. The average Bonchev–Trinajstić information content (AvgIpc) is 2.47. The highest BCUT2D eigenvalue weighted by molar-refractivity contribution is 7.85. The van der Waals surface area contributed by atoms with Gasteiger partial charge >= 0.3 is 0 Å². The normalized spacial score (nSPS) is 18.6. The van der Waals surface area contributed by atoms with Crippen LogP contribution in [0.3, 0.4) is 0 Å². The van der Waals surface area contributed by atoms with Gasteiger partial charge in [-0.3, -0.25) is 9.00 Å². The molecule has 2 rings (SSSR count). The van der Waals surface area contributed by atoms with Crippen LogP contribution in [0.25, 0.3) is 0 Å². The number of nitrogens with one attached hydrogen (secondary N) is 1. The summed E-state index contributed by atoms with van der Waals surface area (Å²) in [4.78, 5) is 12.0. The molecule has 0 aliphatic heterocycles. The first-order chi connectivity index (χ1) is 10.5. The van der Waals surface area contributed by atoms with Gasteiger partial charge in [0.05, 0.1) is 27.7 Å². The third-order valence-corrected chi connectivity index (χ3v) is 5.36. The molecule has 1 fully saturated rings. The molecule has 4 nitrogen and oxygen atoms in total. The Balaban J connectivity index is 1.75. The first-order valence-corrected chi connectivity index (χ1v) is 8.94. The van der Waals surface area contributed by atoms with Crippen molar-refractivity contribution in [2.24, 2.45) is 0 Å². The molecule has 0 saturated heterocycles. The minimum atomic E-state index is -1.48. The molecule has 0 spiro atoms. The van der Waals surface area contributed by atoms with Crippen LogP contribution in [0.15, 0.2) is 29.2 Å². The molecule has 122 valence electrons. The van der Waals surface area contributed by atoms with Crippen molar-refractivity contribution in [2.45, 2.75) is 49.0 Å². The Kier molecular flexibility index (Phi) is 6.08. The number of rotatable bonds is 6. The molecule has 0 aromatic heterocycles. The number of carbonyl (C=O) groups excluding carboxylic acids is 1. The second-order valence-corrected chi connectivity index (χ2v) is 7.33. The molecule has 2 N–H and O–H groups in total. The lowest BCUT2D eigenvalue weighted by molar-refractivity contribution is -0.127. The maximum atomic E-state index is 13.5. The van der Waals surface area contributed by atoms with Crippen LogP contribution >= 0.6 is 0 Å². The summed E-state index contributed by atoms with van der Waals surface area (Å²) in [6, 6.07) is 5.93. The monoisotopic (exact) mass is 327 g/mol. The number of amides is 1. The smallest absolute Gasteiger partial charge is 0.222 e. The number of halogens is 1. The van der Waals surface area contributed by atoms with Crippen LogP contribution in [0.5, 0.6) is 0 Å². The Morgan fingerprint density at radius 1 is 1.27 bits per heavy atom. The molecule has 1 unspecified atom stereocenters. The highest BCUT2D eigenvalue weighted by Crippen LogP contribution is 2.30. The van der Waals surface area contributed by atoms with Crippen LogP contribution in [0, 0.1) is 5.82 Å². The van der Waals surface area contributed by atoms with E-state index in [4.69, 9.17) is 0 Å². The molecule has 1 atom stereocenters. The summed E-state index contributed by atoms with van der Waals surface area (Å²) >= 11 is 0. The SMILES string of the molecule is O=C(CC1(O)CCCCC1)NCCS(=O)c1ccccc1F. The lowest BCUT2D eigenvalue weighted by Crippen LogP contribution is -2.39. The van der Waals surface area contributed by atoms with Gasteiger partial charge in [0.25, 0.3) is 0 Å². The number of hydrogen-bond donors (Lipinski definition) is 2. The van der Waals surface area contributed by atoms with Crippen molar-refractivity contribution < 1.29 is 18.5 Å². The lowest BCUT2D eigenvalue weighted by atomic mass is 9.82. The van der Waals surface area contributed by atoms with E-state index in [-0.39, 0.29) is 29.5 Å². The van der Waals surface area contributed by atoms with Crippen LogP contribution < -0.4 is 5.32 Å². The third-order valence-electron chi connectivity index (χ3n) is 3.97. The van der Waals surface area contributed by atoms with E-state index in [2.05, 4.69) is 5.32 Å². The summed E-state index contributed by atoms with van der Waals surface area (Å²) in [5.74, 6) is -0.580. The largest absolute Gasteiger partial charge is 0.389 e. The second-order valence-electron chi connectivity index (χ2n) is 5.79. The van der Waals surface area contributed by atoms with Gasteiger partial charge in [0.15, 0.2) is 0 Å². The lowest BCUT2D eigenvalue weighted by Gasteiger charge is -2.31. The van der Waals surface area contributed by atoms with E-state index in [0.717, 1.165) is 19.3 Å². The molecular weight excluding hydrogens is 305 g/mol. The number of benzene rings is 1. The Hall–Kier alpha value is -1.27. The van der Waals surface area contributed by atoms with E-state index < -0.39 is 22.2 Å². The van der Waals surface area contributed by atoms with Crippen LogP contribution in [0.2, 0.25) is 0 Å². The van der Waals surface area contributed by atoms with Crippen molar-refractivity contribution in [1.82, 2.24) is 5.32 Å². The van der Waals surface area contributed by atoms with Gasteiger partial charge in [0, 0.05) is 12.3 Å². The van der Waals surface area contributed by atoms with Crippen molar-refractivity contribution in [2.75, 3.05) is 12.3 Å². The van der Waals surface area contributed by atoms with Gasteiger partial charge in [-0.05, 0) is 25.0 Å². The van der Waals surface area contributed by atoms with Gasteiger partial charge in [0.2, 0.25) is 5.91 Å². The van der Waals surface area contributed by atoms with Crippen LogP contribution in [-0.4, -0.2) is 33.1 Å². The van der Waals surface area contributed by atoms with E-state index in [0.29, 0.717) is 12.8 Å². The minimum Gasteiger partial charge on any atom is -0.389 e. The maximum Gasteiger partial charge on any atom is 0.222 e. The maximum absolute atomic E-state index is 13.5. The molecule has 1 aromatic rings. The summed E-state index contributed by atoms with van der Waals surface area (Å²) in [7, 11) is -1.48. The fourth-order valence-corrected chi connectivity index (χ4v) is 3.79. The van der Waals surface area contributed by atoms with E-state index in [9.17, 15) is 18.5 Å². The Bertz CT molecular complexity index is 544. The quantitative estimate of drug-likeness (QED) is 0.841. The second kappa shape index (κ2) is 7.83. The Morgan fingerprint density at radius 3 is 2.64 bits per heavy atom. The third kappa shape index (κ3) is 4.88. The molecule has 1 aliphatic rings. The predicted octanol–water partition coefficient (Wildman–Crippen LogP) is 2.13. The number of aliphatic hydroxyl groups is 1. The average molecular weight is 327 g/mol. The molecule has 1 amide bonds. The fraction of sp³-hybridized carbons (Fsp3) is 0.562. The van der Waals surface area contributed by atoms with Crippen molar-refractivity contribution >= 4 is 16.7 Å². The molecule has 1 saturated carbocycles. The van der Waals surface area contributed by atoms with Crippen molar-refractivity contribution in [3.63, 3.8) is 0 Å². The van der Waals surface area contributed by atoms with Crippen molar-refractivity contribution in [1.29, 1.82) is 0 Å². The standard InChI is InChI=1S/C16H22FNO3S/c17-13-6-2-3-7-14(13)22(21)11-10-18-15(19)12-16(20)8-4-1-5-9-16/h2-3,6-7,20H,1,4-5,8-12H2,(H,18,19). The summed E-state index contributed by atoms with van der Waals surface area (Å²) < 4.78 is 25.4. The van der Waals surface area contributed by atoms with Crippen molar-refractivity contribution in [3.05, 3.63) is 30.1 Å². The predicted molar refractivity (Wildman–Crippen MR) is 83.3 cm³/mol. The molecular formula is C16H22FNO3S. The van der Waals surface area contributed by atoms with Gasteiger partial charge in [-0.25, -0.2) is 4.39 Å². The van der Waals surface area contributed by atoms with Crippen LogP contribution in [0.4, 0.5) is 4.39 Å². The molecule has 6 heteroatoms. The van der Waals surface area contributed by atoms with E-state index in [1.54, 1.807) is 12.1 Å². The zero-order valence-electron chi connectivity index (χ0n) is 12.5. The number of hydrogen-bond acceptors (Lipinski definition) is 3. The van der Waals surface area contributed by atoms with Crippen LogP contribution in [-0.2, 0) is 15.6 Å². The van der Waals surface area contributed by atoms with Gasteiger partial charge in [0.1, 0.15) is 5.82 Å². The van der Waals surface area contributed by atoms with Gasteiger partial charge < -0.3 is 10.4 Å². The molecule has 1 aliphatic carbocycles. The van der Waals surface area contributed by atoms with Gasteiger partial charge in [-0.2, -0.15) is 0 Å². The first-order valence-electron chi connectivity index (χ1n) is 7.62. The Labute approximate surface area is 132 Å². The van der Waals surface area contributed by atoms with E-state index >= 15 is 0 Å².